The molecule has 0 spiro atoms. The van der Waals surface area contributed by atoms with E-state index in [-0.39, 0.29) is 34.5 Å². The second-order valence-corrected chi connectivity index (χ2v) is 6.49. The van der Waals surface area contributed by atoms with E-state index in [1.165, 1.54) is 13.0 Å². The number of fused-ring (bicyclic) bond motifs is 3. The highest BCUT2D eigenvalue weighted by Gasteiger charge is 2.37. The number of ether oxygens (including phenoxy) is 1. The highest BCUT2D eigenvalue weighted by molar-refractivity contribution is 6.08. The van der Waals surface area contributed by atoms with Crippen molar-refractivity contribution in [3.05, 3.63) is 63.3 Å². The van der Waals surface area contributed by atoms with Gasteiger partial charge in [-0.15, -0.1) is 0 Å². The van der Waals surface area contributed by atoms with Gasteiger partial charge < -0.3 is 14.3 Å². The van der Waals surface area contributed by atoms with Crippen LogP contribution in [-0.2, 0) is 4.79 Å². The summed E-state index contributed by atoms with van der Waals surface area (Å²) < 4.78 is 10.8. The number of hydrogen-bond acceptors (Lipinski definition) is 7. The number of nitrogens with zero attached hydrogens (tertiary/aromatic N) is 1. The number of ketones is 1. The Balaban J connectivity index is 2.20. The molecule has 0 amide bonds. The molecule has 7 heteroatoms. The van der Waals surface area contributed by atoms with E-state index in [9.17, 15) is 19.5 Å². The summed E-state index contributed by atoms with van der Waals surface area (Å²) in [6, 6.07) is 4.73. The number of aryl methyl sites for hydroxylation is 1. The van der Waals surface area contributed by atoms with Crippen LogP contribution in [0.2, 0.25) is 0 Å². The van der Waals surface area contributed by atoms with Crippen LogP contribution in [0.25, 0.3) is 11.0 Å². The Bertz CT molecular complexity index is 1160. The van der Waals surface area contributed by atoms with Crippen molar-refractivity contribution in [3.8, 4) is 11.5 Å². The van der Waals surface area contributed by atoms with Gasteiger partial charge in [0.25, 0.3) is 0 Å². The van der Waals surface area contributed by atoms with E-state index in [0.29, 0.717) is 11.1 Å². The van der Waals surface area contributed by atoms with Gasteiger partial charge in [0.15, 0.2) is 11.5 Å². The van der Waals surface area contributed by atoms with Crippen LogP contribution in [0.1, 0.15) is 46.3 Å². The Morgan fingerprint density at radius 1 is 1.26 bits per heavy atom. The van der Waals surface area contributed by atoms with Crippen molar-refractivity contribution in [1.29, 1.82) is 0 Å². The van der Waals surface area contributed by atoms with Crippen LogP contribution < -0.4 is 10.4 Å². The molecule has 3 heterocycles. The molecule has 2 aromatic heterocycles. The van der Waals surface area contributed by atoms with Crippen LogP contribution >= 0.6 is 0 Å². The van der Waals surface area contributed by atoms with Gasteiger partial charge >= 0.3 is 11.6 Å². The van der Waals surface area contributed by atoms with Gasteiger partial charge in [-0.25, -0.2) is 4.79 Å². The van der Waals surface area contributed by atoms with Crippen molar-refractivity contribution >= 4 is 22.7 Å². The predicted molar refractivity (Wildman–Crippen MR) is 95.2 cm³/mol. The SMILES string of the molecule is CC(=O)c1c2c(c3oc(=O)cc(C)c3c1O)[C@@H](c1ccncc1)CC(=O)O2. The molecule has 0 saturated carbocycles. The molecule has 1 aliphatic rings. The molecule has 136 valence electrons. The van der Waals surface area contributed by atoms with Crippen LogP contribution in [0.15, 0.2) is 39.8 Å². The maximum absolute atomic E-state index is 12.3. The van der Waals surface area contributed by atoms with Crippen molar-refractivity contribution in [2.24, 2.45) is 0 Å². The quantitative estimate of drug-likeness (QED) is 0.322. The largest absolute Gasteiger partial charge is 0.506 e. The maximum atomic E-state index is 12.3. The smallest absolute Gasteiger partial charge is 0.336 e. The second kappa shape index (κ2) is 6.05. The summed E-state index contributed by atoms with van der Waals surface area (Å²) in [5, 5.41) is 11.0. The van der Waals surface area contributed by atoms with Crippen molar-refractivity contribution in [2.45, 2.75) is 26.2 Å². The molecule has 1 aromatic carbocycles. The summed E-state index contributed by atoms with van der Waals surface area (Å²) in [6.45, 7) is 2.92. The zero-order valence-corrected chi connectivity index (χ0v) is 14.6. The molecule has 3 aromatic rings. The average molecular weight is 365 g/mol. The summed E-state index contributed by atoms with van der Waals surface area (Å²) in [7, 11) is 0. The minimum absolute atomic E-state index is 0.00584. The Hall–Kier alpha value is -3.48. The van der Waals surface area contributed by atoms with E-state index >= 15 is 0 Å². The highest BCUT2D eigenvalue weighted by Crippen LogP contribution is 2.49. The summed E-state index contributed by atoms with van der Waals surface area (Å²) in [4.78, 5) is 40.5. The number of pyridine rings is 1. The van der Waals surface area contributed by atoms with E-state index in [4.69, 9.17) is 9.15 Å². The van der Waals surface area contributed by atoms with E-state index in [2.05, 4.69) is 4.98 Å². The number of aromatic nitrogens is 1. The first-order valence-electron chi connectivity index (χ1n) is 8.33. The molecular weight excluding hydrogens is 350 g/mol. The fourth-order valence-electron chi connectivity index (χ4n) is 3.62. The molecule has 7 nitrogen and oxygen atoms in total. The molecule has 0 fully saturated rings. The molecule has 0 radical (unpaired) electrons. The molecule has 4 rings (SSSR count). The van der Waals surface area contributed by atoms with Gasteiger partial charge in [0.2, 0.25) is 0 Å². The van der Waals surface area contributed by atoms with Crippen LogP contribution in [0.5, 0.6) is 11.5 Å². The molecular formula is C20H15NO6. The highest BCUT2D eigenvalue weighted by atomic mass is 16.5. The predicted octanol–water partition coefficient (Wildman–Crippen LogP) is 2.85. The molecule has 1 aliphatic heterocycles. The average Bonchev–Trinajstić information content (AvgIpc) is 2.60. The van der Waals surface area contributed by atoms with Crippen molar-refractivity contribution in [2.75, 3.05) is 0 Å². The topological polar surface area (TPSA) is 107 Å². The number of phenols is 1. The van der Waals surface area contributed by atoms with Gasteiger partial charge in [-0.2, -0.15) is 0 Å². The summed E-state index contributed by atoms with van der Waals surface area (Å²) in [5.41, 5.74) is 1.05. The number of rotatable bonds is 2. The zero-order chi connectivity index (χ0) is 19.3. The normalized spacial score (nSPS) is 16.1. The number of Topliss-reactive ketones (excluding diaryl/α,β-unsaturated/α-hetero) is 1. The van der Waals surface area contributed by atoms with E-state index in [1.807, 2.05) is 0 Å². The van der Waals surface area contributed by atoms with Gasteiger partial charge in [0, 0.05) is 29.9 Å². The molecule has 27 heavy (non-hydrogen) atoms. The summed E-state index contributed by atoms with van der Waals surface area (Å²) in [6.07, 6.45) is 3.18. The third-order valence-electron chi connectivity index (χ3n) is 4.74. The van der Waals surface area contributed by atoms with Gasteiger partial charge in [0.1, 0.15) is 16.9 Å². The van der Waals surface area contributed by atoms with E-state index in [1.54, 1.807) is 31.5 Å². The van der Waals surface area contributed by atoms with Crippen molar-refractivity contribution in [3.63, 3.8) is 0 Å². The third-order valence-corrected chi connectivity index (χ3v) is 4.74. The lowest BCUT2D eigenvalue weighted by atomic mass is 9.83. The fourth-order valence-corrected chi connectivity index (χ4v) is 3.62. The standard InChI is InChI=1S/C20H15NO6/c1-9-7-13(23)26-19-15(9)18(25)16(10(2)22)20-17(19)12(8-14(24)27-20)11-3-5-21-6-4-11/h3-7,12,25H,8H2,1-2H3/t12-/m1/s1. The van der Waals surface area contributed by atoms with Gasteiger partial charge in [0.05, 0.1) is 11.8 Å². The summed E-state index contributed by atoms with van der Waals surface area (Å²) >= 11 is 0. The van der Waals surface area contributed by atoms with Crippen LogP contribution in [0, 0.1) is 6.92 Å². The Kier molecular flexibility index (Phi) is 3.80. The molecule has 1 atom stereocenters. The lowest BCUT2D eigenvalue weighted by Gasteiger charge is -2.27. The first-order valence-corrected chi connectivity index (χ1v) is 8.33. The number of carbonyl (C=O) groups is 2. The monoisotopic (exact) mass is 365 g/mol. The molecule has 1 N–H and O–H groups in total. The number of benzene rings is 1. The maximum Gasteiger partial charge on any atom is 0.336 e. The first kappa shape index (κ1) is 17.0. The van der Waals surface area contributed by atoms with Crippen LogP contribution in [0.3, 0.4) is 0 Å². The number of esters is 1. The minimum atomic E-state index is -0.595. The Morgan fingerprint density at radius 2 is 1.96 bits per heavy atom. The lowest BCUT2D eigenvalue weighted by molar-refractivity contribution is -0.135. The molecule has 0 unspecified atom stereocenters. The number of carbonyl (C=O) groups excluding carboxylic acids is 2. The lowest BCUT2D eigenvalue weighted by Crippen LogP contribution is -2.23. The van der Waals surface area contributed by atoms with Crippen LogP contribution in [0.4, 0.5) is 0 Å². The third kappa shape index (κ3) is 2.59. The minimum Gasteiger partial charge on any atom is -0.506 e. The van der Waals surface area contributed by atoms with E-state index < -0.39 is 23.3 Å². The zero-order valence-electron chi connectivity index (χ0n) is 14.6. The Morgan fingerprint density at radius 3 is 2.63 bits per heavy atom. The van der Waals surface area contributed by atoms with Gasteiger partial charge in [-0.3, -0.25) is 14.6 Å². The number of aromatic hydroxyl groups is 1. The second-order valence-electron chi connectivity index (χ2n) is 6.49. The van der Waals surface area contributed by atoms with E-state index in [0.717, 1.165) is 5.56 Å². The van der Waals surface area contributed by atoms with Crippen LogP contribution in [-0.4, -0.2) is 21.8 Å². The first-order chi connectivity index (χ1) is 12.9. The van der Waals surface area contributed by atoms with Gasteiger partial charge in [-0.05, 0) is 37.1 Å². The number of hydrogen-bond donors (Lipinski definition) is 1. The molecule has 0 saturated heterocycles. The molecule has 0 bridgehead atoms. The fraction of sp³-hybridized carbons (Fsp3) is 0.200. The number of phenolic OH excluding ortho intramolecular Hbond substituents is 1. The molecule has 0 aliphatic carbocycles. The summed E-state index contributed by atoms with van der Waals surface area (Å²) in [5.74, 6) is -1.92. The van der Waals surface area contributed by atoms with Gasteiger partial charge in [-0.1, -0.05) is 0 Å². The van der Waals surface area contributed by atoms with Crippen molar-refractivity contribution in [1.82, 2.24) is 4.98 Å². The Labute approximate surface area is 153 Å². The van der Waals surface area contributed by atoms with Crippen molar-refractivity contribution < 1.29 is 23.8 Å².